The fourth-order valence-electron chi connectivity index (χ4n) is 2.37. The summed E-state index contributed by atoms with van der Waals surface area (Å²) < 4.78 is 0. The third kappa shape index (κ3) is 2.18. The van der Waals surface area contributed by atoms with E-state index >= 15 is 0 Å². The Balaban J connectivity index is 2.18. The quantitative estimate of drug-likeness (QED) is 0.789. The Morgan fingerprint density at radius 1 is 1.43 bits per heavy atom. The Bertz CT molecular complexity index is 280. The molecule has 0 bridgehead atoms. The van der Waals surface area contributed by atoms with E-state index in [-0.39, 0.29) is 0 Å². The lowest BCUT2D eigenvalue weighted by Gasteiger charge is -2.19. The Morgan fingerprint density at radius 2 is 2.36 bits per heavy atom. The molecule has 0 aliphatic heterocycles. The van der Waals surface area contributed by atoms with Crippen LogP contribution in [0.4, 0.5) is 0 Å². The SMILES string of the molecule is CNC[C@H]1CCCCCc2ccsc21. The van der Waals surface area contributed by atoms with Gasteiger partial charge in [0.2, 0.25) is 0 Å². The van der Waals surface area contributed by atoms with Crippen LogP contribution in [0, 0.1) is 0 Å². The van der Waals surface area contributed by atoms with Gasteiger partial charge in [0.25, 0.3) is 0 Å². The van der Waals surface area contributed by atoms with Crippen molar-refractivity contribution in [2.45, 2.75) is 38.0 Å². The summed E-state index contributed by atoms with van der Waals surface area (Å²) in [4.78, 5) is 1.65. The Kier molecular flexibility index (Phi) is 3.60. The predicted molar refractivity (Wildman–Crippen MR) is 63.2 cm³/mol. The van der Waals surface area contributed by atoms with Crippen molar-refractivity contribution in [2.75, 3.05) is 13.6 Å². The summed E-state index contributed by atoms with van der Waals surface area (Å²) in [6.07, 6.45) is 6.88. The van der Waals surface area contributed by atoms with Crippen molar-refractivity contribution in [1.29, 1.82) is 0 Å². The van der Waals surface area contributed by atoms with Crippen molar-refractivity contribution in [2.24, 2.45) is 0 Å². The van der Waals surface area contributed by atoms with Gasteiger partial charge in [-0.15, -0.1) is 11.3 Å². The van der Waals surface area contributed by atoms with E-state index in [0.717, 1.165) is 12.5 Å². The molecule has 1 aliphatic carbocycles. The van der Waals surface area contributed by atoms with Crippen LogP contribution in [0.15, 0.2) is 11.4 Å². The van der Waals surface area contributed by atoms with Gasteiger partial charge in [0.1, 0.15) is 0 Å². The number of hydrogen-bond acceptors (Lipinski definition) is 2. The molecule has 78 valence electrons. The van der Waals surface area contributed by atoms with Gasteiger partial charge >= 0.3 is 0 Å². The van der Waals surface area contributed by atoms with Crippen LogP contribution >= 0.6 is 11.3 Å². The van der Waals surface area contributed by atoms with E-state index in [9.17, 15) is 0 Å². The molecule has 0 amide bonds. The first kappa shape index (κ1) is 10.2. The molecule has 1 N–H and O–H groups in total. The van der Waals surface area contributed by atoms with Crippen LogP contribution in [0.1, 0.15) is 42.0 Å². The topological polar surface area (TPSA) is 12.0 Å². The van der Waals surface area contributed by atoms with Gasteiger partial charge < -0.3 is 5.32 Å². The van der Waals surface area contributed by atoms with E-state index in [1.807, 2.05) is 11.3 Å². The number of aryl methyl sites for hydroxylation is 1. The molecule has 1 heterocycles. The van der Waals surface area contributed by atoms with Crippen LogP contribution < -0.4 is 5.32 Å². The summed E-state index contributed by atoms with van der Waals surface area (Å²) in [5, 5.41) is 5.59. The maximum absolute atomic E-state index is 3.32. The largest absolute Gasteiger partial charge is 0.319 e. The van der Waals surface area contributed by atoms with Crippen LogP contribution in [0.3, 0.4) is 0 Å². The fourth-order valence-corrected chi connectivity index (χ4v) is 3.46. The van der Waals surface area contributed by atoms with Gasteiger partial charge in [-0.05, 0) is 43.3 Å². The Hall–Kier alpha value is -0.340. The standard InChI is InChI=1S/C12H19NS/c1-13-9-11-6-4-2-3-5-10-7-8-14-12(10)11/h7-8,11,13H,2-6,9H2,1H3/t11-/m1/s1. The van der Waals surface area contributed by atoms with Crippen LogP contribution in [0.2, 0.25) is 0 Å². The van der Waals surface area contributed by atoms with E-state index in [2.05, 4.69) is 23.8 Å². The third-order valence-electron chi connectivity index (χ3n) is 3.10. The van der Waals surface area contributed by atoms with Gasteiger partial charge in [-0.25, -0.2) is 0 Å². The molecule has 1 aliphatic rings. The zero-order valence-electron chi connectivity index (χ0n) is 8.88. The van der Waals surface area contributed by atoms with Gasteiger partial charge in [0, 0.05) is 17.3 Å². The first-order valence-electron chi connectivity index (χ1n) is 5.62. The van der Waals surface area contributed by atoms with E-state index < -0.39 is 0 Å². The summed E-state index contributed by atoms with van der Waals surface area (Å²) in [7, 11) is 2.06. The van der Waals surface area contributed by atoms with Crippen molar-refractivity contribution in [3.63, 3.8) is 0 Å². The van der Waals surface area contributed by atoms with Gasteiger partial charge in [0.15, 0.2) is 0 Å². The summed E-state index contributed by atoms with van der Waals surface area (Å²) in [6, 6.07) is 2.33. The van der Waals surface area contributed by atoms with Gasteiger partial charge in [0.05, 0.1) is 0 Å². The highest BCUT2D eigenvalue weighted by molar-refractivity contribution is 7.10. The van der Waals surface area contributed by atoms with E-state index in [1.54, 1.807) is 10.4 Å². The average Bonchev–Trinajstić information content (AvgIpc) is 2.59. The molecule has 1 aromatic rings. The lowest BCUT2D eigenvalue weighted by molar-refractivity contribution is 0.523. The molecule has 0 saturated heterocycles. The summed E-state index contributed by atoms with van der Waals surface area (Å²) in [6.45, 7) is 1.15. The summed E-state index contributed by atoms with van der Waals surface area (Å²) in [5.41, 5.74) is 1.62. The Morgan fingerprint density at radius 3 is 3.21 bits per heavy atom. The molecule has 1 aromatic heterocycles. The zero-order valence-corrected chi connectivity index (χ0v) is 9.70. The molecule has 1 atom stereocenters. The van der Waals surface area contributed by atoms with E-state index in [4.69, 9.17) is 0 Å². The maximum Gasteiger partial charge on any atom is 0.0121 e. The Labute approximate surface area is 90.5 Å². The maximum atomic E-state index is 3.32. The molecule has 1 nitrogen and oxygen atoms in total. The molecule has 14 heavy (non-hydrogen) atoms. The summed E-state index contributed by atoms with van der Waals surface area (Å²) >= 11 is 1.96. The van der Waals surface area contributed by atoms with Crippen LogP contribution in [0.25, 0.3) is 0 Å². The predicted octanol–water partition coefficient (Wildman–Crippen LogP) is 3.17. The highest BCUT2D eigenvalue weighted by Crippen LogP contribution is 2.33. The van der Waals surface area contributed by atoms with E-state index in [0.29, 0.717) is 0 Å². The molecule has 0 fully saturated rings. The second-order valence-electron chi connectivity index (χ2n) is 4.16. The second-order valence-corrected chi connectivity index (χ2v) is 5.11. The number of rotatable bonds is 2. The second kappa shape index (κ2) is 4.94. The van der Waals surface area contributed by atoms with Crippen LogP contribution in [-0.4, -0.2) is 13.6 Å². The van der Waals surface area contributed by atoms with Crippen LogP contribution in [-0.2, 0) is 6.42 Å². The molecule has 0 aromatic carbocycles. The number of thiophene rings is 1. The molecular weight excluding hydrogens is 190 g/mol. The lowest BCUT2D eigenvalue weighted by atomic mass is 9.91. The molecule has 0 radical (unpaired) electrons. The normalized spacial score (nSPS) is 22.5. The van der Waals surface area contributed by atoms with Crippen LogP contribution in [0.5, 0.6) is 0 Å². The number of fused-ring (bicyclic) bond motifs is 1. The molecule has 2 rings (SSSR count). The minimum absolute atomic E-state index is 0.773. The van der Waals surface area contributed by atoms with E-state index in [1.165, 1.54) is 32.1 Å². The molecule has 2 heteroatoms. The van der Waals surface area contributed by atoms with Crippen molar-refractivity contribution < 1.29 is 0 Å². The van der Waals surface area contributed by atoms with Gasteiger partial charge in [-0.1, -0.05) is 12.8 Å². The van der Waals surface area contributed by atoms with Crippen molar-refractivity contribution in [3.8, 4) is 0 Å². The first-order chi connectivity index (χ1) is 6.92. The van der Waals surface area contributed by atoms with Gasteiger partial charge in [-0.2, -0.15) is 0 Å². The number of nitrogens with one attached hydrogen (secondary N) is 1. The average molecular weight is 209 g/mol. The smallest absolute Gasteiger partial charge is 0.0121 e. The highest BCUT2D eigenvalue weighted by Gasteiger charge is 2.17. The third-order valence-corrected chi connectivity index (χ3v) is 4.22. The zero-order chi connectivity index (χ0) is 9.80. The number of likely N-dealkylation sites (N-methyl/N-ethyl adjacent to an activating group) is 1. The number of hydrogen-bond donors (Lipinski definition) is 1. The molecule has 0 unspecified atom stereocenters. The first-order valence-corrected chi connectivity index (χ1v) is 6.50. The molecule has 0 saturated carbocycles. The van der Waals surface area contributed by atoms with Crippen molar-refractivity contribution in [3.05, 3.63) is 21.9 Å². The molecule has 0 spiro atoms. The van der Waals surface area contributed by atoms with Crippen molar-refractivity contribution in [1.82, 2.24) is 5.32 Å². The minimum atomic E-state index is 0.773. The lowest BCUT2D eigenvalue weighted by Crippen LogP contribution is -2.18. The molecular formula is C12H19NS. The monoisotopic (exact) mass is 209 g/mol. The summed E-state index contributed by atoms with van der Waals surface area (Å²) in [5.74, 6) is 0.773. The minimum Gasteiger partial charge on any atom is -0.319 e. The fraction of sp³-hybridized carbons (Fsp3) is 0.667. The van der Waals surface area contributed by atoms with Gasteiger partial charge in [-0.3, -0.25) is 0 Å². The van der Waals surface area contributed by atoms with Crippen molar-refractivity contribution >= 4 is 11.3 Å². The highest BCUT2D eigenvalue weighted by atomic mass is 32.1.